The van der Waals surface area contributed by atoms with E-state index >= 15 is 0 Å². The quantitative estimate of drug-likeness (QED) is 0.715. The predicted molar refractivity (Wildman–Crippen MR) is 61.8 cm³/mol. The molecule has 1 aliphatic heterocycles. The SMILES string of the molecule is CC(C)(C)Cc1ccc2c(c1)CCN2. The van der Waals surface area contributed by atoms with Crippen molar-refractivity contribution in [3.63, 3.8) is 0 Å². The van der Waals surface area contributed by atoms with Gasteiger partial charge in [0.2, 0.25) is 0 Å². The molecule has 0 saturated heterocycles. The Morgan fingerprint density at radius 2 is 2.07 bits per heavy atom. The third kappa shape index (κ3) is 2.09. The smallest absolute Gasteiger partial charge is 0.0373 e. The summed E-state index contributed by atoms with van der Waals surface area (Å²) in [6, 6.07) is 6.84. The van der Waals surface area contributed by atoms with Gasteiger partial charge < -0.3 is 5.32 Å². The highest BCUT2D eigenvalue weighted by molar-refractivity contribution is 5.56. The molecule has 1 heteroatoms. The number of hydrogen-bond acceptors (Lipinski definition) is 1. The molecule has 1 N–H and O–H groups in total. The van der Waals surface area contributed by atoms with E-state index in [1.165, 1.54) is 29.7 Å². The third-order valence-electron chi connectivity index (χ3n) is 2.61. The molecule has 0 fully saturated rings. The van der Waals surface area contributed by atoms with Crippen molar-refractivity contribution in [1.82, 2.24) is 0 Å². The van der Waals surface area contributed by atoms with Gasteiger partial charge in [0.05, 0.1) is 0 Å². The summed E-state index contributed by atoms with van der Waals surface area (Å²) >= 11 is 0. The van der Waals surface area contributed by atoms with Crippen molar-refractivity contribution in [2.45, 2.75) is 33.6 Å². The first-order valence-electron chi connectivity index (χ1n) is 5.40. The van der Waals surface area contributed by atoms with Crippen molar-refractivity contribution in [2.75, 3.05) is 11.9 Å². The van der Waals surface area contributed by atoms with Gasteiger partial charge in [-0.15, -0.1) is 0 Å². The van der Waals surface area contributed by atoms with Crippen LogP contribution in [-0.2, 0) is 12.8 Å². The summed E-state index contributed by atoms with van der Waals surface area (Å²) in [6.07, 6.45) is 2.35. The van der Waals surface area contributed by atoms with Gasteiger partial charge in [0.15, 0.2) is 0 Å². The van der Waals surface area contributed by atoms with Crippen LogP contribution < -0.4 is 5.32 Å². The average Bonchev–Trinajstić information content (AvgIpc) is 2.47. The molecule has 1 aliphatic rings. The highest BCUT2D eigenvalue weighted by Gasteiger charge is 2.14. The molecule has 0 amide bonds. The third-order valence-corrected chi connectivity index (χ3v) is 2.61. The lowest BCUT2D eigenvalue weighted by atomic mass is 9.87. The standard InChI is InChI=1S/C13H19N/c1-13(2,3)9-10-4-5-12-11(8-10)6-7-14-12/h4-5,8,14H,6-7,9H2,1-3H3. The molecular weight excluding hydrogens is 170 g/mol. The summed E-state index contributed by atoms with van der Waals surface area (Å²) in [6.45, 7) is 7.98. The first-order valence-corrected chi connectivity index (χ1v) is 5.40. The predicted octanol–water partition coefficient (Wildman–Crippen LogP) is 3.24. The van der Waals surface area contributed by atoms with Crippen LogP contribution in [0.25, 0.3) is 0 Å². The van der Waals surface area contributed by atoms with Crippen LogP contribution in [0.3, 0.4) is 0 Å². The molecule has 0 spiro atoms. The summed E-state index contributed by atoms with van der Waals surface area (Å²) in [5.41, 5.74) is 4.69. The Bertz CT molecular complexity index is 334. The van der Waals surface area contributed by atoms with E-state index in [1.54, 1.807) is 0 Å². The van der Waals surface area contributed by atoms with Crippen molar-refractivity contribution in [1.29, 1.82) is 0 Å². The van der Waals surface area contributed by atoms with E-state index in [0.717, 1.165) is 6.54 Å². The normalized spacial score (nSPS) is 15.1. The van der Waals surface area contributed by atoms with Crippen LogP contribution in [0.1, 0.15) is 31.9 Å². The van der Waals surface area contributed by atoms with Gasteiger partial charge in [-0.3, -0.25) is 0 Å². The van der Waals surface area contributed by atoms with Gasteiger partial charge in [-0.2, -0.15) is 0 Å². The van der Waals surface area contributed by atoms with Crippen LogP contribution in [0.2, 0.25) is 0 Å². The molecule has 0 radical (unpaired) electrons. The molecule has 14 heavy (non-hydrogen) atoms. The van der Waals surface area contributed by atoms with Crippen molar-refractivity contribution < 1.29 is 0 Å². The van der Waals surface area contributed by atoms with E-state index in [4.69, 9.17) is 0 Å². The van der Waals surface area contributed by atoms with Crippen molar-refractivity contribution in [2.24, 2.45) is 5.41 Å². The second kappa shape index (κ2) is 3.30. The van der Waals surface area contributed by atoms with Gasteiger partial charge in [0.25, 0.3) is 0 Å². The van der Waals surface area contributed by atoms with Crippen LogP contribution >= 0.6 is 0 Å². The molecule has 2 rings (SSSR count). The summed E-state index contributed by atoms with van der Waals surface area (Å²) in [5, 5.41) is 3.39. The highest BCUT2D eigenvalue weighted by Crippen LogP contribution is 2.26. The number of benzene rings is 1. The van der Waals surface area contributed by atoms with Crippen LogP contribution in [0.15, 0.2) is 18.2 Å². The van der Waals surface area contributed by atoms with E-state index < -0.39 is 0 Å². The zero-order valence-electron chi connectivity index (χ0n) is 9.35. The zero-order chi connectivity index (χ0) is 10.2. The molecular formula is C13H19N. The number of hydrogen-bond donors (Lipinski definition) is 1. The maximum Gasteiger partial charge on any atom is 0.0373 e. The number of nitrogens with one attached hydrogen (secondary N) is 1. The Morgan fingerprint density at radius 3 is 2.79 bits per heavy atom. The van der Waals surface area contributed by atoms with E-state index in [1.807, 2.05) is 0 Å². The summed E-state index contributed by atoms with van der Waals surface area (Å²) in [4.78, 5) is 0. The molecule has 1 heterocycles. The largest absolute Gasteiger partial charge is 0.384 e. The molecule has 0 saturated carbocycles. The molecule has 0 aliphatic carbocycles. The molecule has 1 aromatic rings. The van der Waals surface area contributed by atoms with Gasteiger partial charge in [-0.05, 0) is 35.4 Å². The fourth-order valence-electron chi connectivity index (χ4n) is 2.08. The van der Waals surface area contributed by atoms with Gasteiger partial charge in [-0.25, -0.2) is 0 Å². The van der Waals surface area contributed by atoms with E-state index in [-0.39, 0.29) is 0 Å². The van der Waals surface area contributed by atoms with E-state index in [9.17, 15) is 0 Å². The molecule has 76 valence electrons. The van der Waals surface area contributed by atoms with E-state index in [2.05, 4.69) is 44.3 Å². The second-order valence-corrected chi connectivity index (χ2v) is 5.41. The fourth-order valence-corrected chi connectivity index (χ4v) is 2.08. The molecule has 0 atom stereocenters. The average molecular weight is 189 g/mol. The summed E-state index contributed by atoms with van der Waals surface area (Å²) < 4.78 is 0. The van der Waals surface area contributed by atoms with Gasteiger partial charge in [0, 0.05) is 12.2 Å². The molecule has 1 aromatic carbocycles. The minimum Gasteiger partial charge on any atom is -0.384 e. The minimum atomic E-state index is 0.389. The monoisotopic (exact) mass is 189 g/mol. The molecule has 0 bridgehead atoms. The zero-order valence-corrected chi connectivity index (χ0v) is 9.35. The lowest BCUT2D eigenvalue weighted by Crippen LogP contribution is -2.09. The first-order chi connectivity index (χ1) is 6.54. The summed E-state index contributed by atoms with van der Waals surface area (Å²) in [7, 11) is 0. The molecule has 1 nitrogen and oxygen atoms in total. The van der Waals surface area contributed by atoms with Crippen molar-refractivity contribution >= 4 is 5.69 Å². The Kier molecular flexibility index (Phi) is 2.26. The maximum atomic E-state index is 3.39. The Balaban J connectivity index is 2.21. The molecule has 0 unspecified atom stereocenters. The highest BCUT2D eigenvalue weighted by atomic mass is 14.9. The minimum absolute atomic E-state index is 0.389. The lowest BCUT2D eigenvalue weighted by Gasteiger charge is -2.18. The number of fused-ring (bicyclic) bond motifs is 1. The van der Waals surface area contributed by atoms with Crippen LogP contribution in [0.5, 0.6) is 0 Å². The fraction of sp³-hybridized carbons (Fsp3) is 0.538. The van der Waals surface area contributed by atoms with Crippen LogP contribution in [0, 0.1) is 5.41 Å². The van der Waals surface area contributed by atoms with Crippen LogP contribution in [0.4, 0.5) is 5.69 Å². The topological polar surface area (TPSA) is 12.0 Å². The Morgan fingerprint density at radius 1 is 1.29 bits per heavy atom. The lowest BCUT2D eigenvalue weighted by molar-refractivity contribution is 0.411. The summed E-state index contributed by atoms with van der Waals surface area (Å²) in [5.74, 6) is 0. The van der Waals surface area contributed by atoms with E-state index in [0.29, 0.717) is 5.41 Å². The molecule has 0 aromatic heterocycles. The van der Waals surface area contributed by atoms with Gasteiger partial charge in [-0.1, -0.05) is 32.9 Å². The van der Waals surface area contributed by atoms with Crippen molar-refractivity contribution in [3.05, 3.63) is 29.3 Å². The number of rotatable bonds is 1. The Labute approximate surface area is 86.5 Å². The van der Waals surface area contributed by atoms with Crippen molar-refractivity contribution in [3.8, 4) is 0 Å². The van der Waals surface area contributed by atoms with Gasteiger partial charge in [0.1, 0.15) is 0 Å². The van der Waals surface area contributed by atoms with Crippen LogP contribution in [-0.4, -0.2) is 6.54 Å². The number of anilines is 1. The maximum absolute atomic E-state index is 3.39. The first kappa shape index (κ1) is 9.57. The van der Waals surface area contributed by atoms with Gasteiger partial charge >= 0.3 is 0 Å². The Hall–Kier alpha value is -0.980. The second-order valence-electron chi connectivity index (χ2n) is 5.41.